The third-order valence-electron chi connectivity index (χ3n) is 3.47. The number of aryl methyl sites for hydroxylation is 1. The molecule has 2 aromatic rings. The Morgan fingerprint density at radius 2 is 1.90 bits per heavy atom. The van der Waals surface area contributed by atoms with Crippen LogP contribution >= 0.6 is 0 Å². The van der Waals surface area contributed by atoms with Gasteiger partial charge >= 0.3 is 0 Å². The van der Waals surface area contributed by atoms with E-state index in [0.717, 1.165) is 42.6 Å². The Morgan fingerprint density at radius 3 is 2.57 bits per heavy atom. The van der Waals surface area contributed by atoms with Gasteiger partial charge in [-0.2, -0.15) is 0 Å². The van der Waals surface area contributed by atoms with Crippen LogP contribution in [0.1, 0.15) is 31.9 Å². The molecule has 0 aliphatic rings. The third kappa shape index (κ3) is 3.29. The topological polar surface area (TPSA) is 70.5 Å². The molecule has 5 nitrogen and oxygen atoms in total. The van der Waals surface area contributed by atoms with Gasteiger partial charge in [0, 0.05) is 6.42 Å². The number of aromatic nitrogens is 1. The molecule has 0 radical (unpaired) electrons. The molecule has 0 spiro atoms. The zero-order valence-electron chi connectivity index (χ0n) is 12.8. The first-order valence-electron chi connectivity index (χ1n) is 7.17. The Labute approximate surface area is 125 Å². The maximum atomic E-state index is 5.96. The molecular weight excluding hydrogens is 268 g/mol. The average Bonchev–Trinajstić information content (AvgIpc) is 2.87. The zero-order chi connectivity index (χ0) is 15.2. The van der Waals surface area contributed by atoms with E-state index in [4.69, 9.17) is 19.7 Å². The lowest BCUT2D eigenvalue weighted by Crippen LogP contribution is -1.94. The van der Waals surface area contributed by atoms with Crippen molar-refractivity contribution < 1.29 is 14.0 Å². The maximum Gasteiger partial charge on any atom is 0.175 e. The largest absolute Gasteiger partial charge is 0.493 e. The first kappa shape index (κ1) is 15.2. The van der Waals surface area contributed by atoms with E-state index in [0.29, 0.717) is 17.3 Å². The molecule has 2 N–H and O–H groups in total. The van der Waals surface area contributed by atoms with Crippen molar-refractivity contribution in [1.82, 2.24) is 5.16 Å². The number of rotatable bonds is 7. The Bertz CT molecular complexity index is 593. The van der Waals surface area contributed by atoms with Gasteiger partial charge in [0.1, 0.15) is 5.76 Å². The van der Waals surface area contributed by atoms with Crippen molar-refractivity contribution in [3.63, 3.8) is 0 Å². The van der Waals surface area contributed by atoms with Crippen molar-refractivity contribution >= 4 is 5.82 Å². The minimum absolute atomic E-state index is 0.411. The smallest absolute Gasteiger partial charge is 0.175 e. The lowest BCUT2D eigenvalue weighted by Gasteiger charge is -2.09. The minimum atomic E-state index is 0.411. The fourth-order valence-corrected chi connectivity index (χ4v) is 2.35. The van der Waals surface area contributed by atoms with Crippen LogP contribution in [0.4, 0.5) is 5.82 Å². The molecule has 1 aromatic heterocycles. The molecule has 0 fully saturated rings. The van der Waals surface area contributed by atoms with Crippen LogP contribution < -0.4 is 15.2 Å². The fourth-order valence-electron chi connectivity index (χ4n) is 2.35. The van der Waals surface area contributed by atoms with Gasteiger partial charge in [0.2, 0.25) is 0 Å². The van der Waals surface area contributed by atoms with Crippen LogP contribution in [-0.4, -0.2) is 19.4 Å². The molecule has 0 unspecified atom stereocenters. The highest BCUT2D eigenvalue weighted by atomic mass is 16.5. The summed E-state index contributed by atoms with van der Waals surface area (Å²) < 4.78 is 16.0. The van der Waals surface area contributed by atoms with E-state index in [1.165, 1.54) is 0 Å². The molecule has 0 saturated heterocycles. The second-order valence-corrected chi connectivity index (χ2v) is 4.89. The lowest BCUT2D eigenvalue weighted by molar-refractivity contribution is 0.355. The van der Waals surface area contributed by atoms with Crippen LogP contribution in [0.2, 0.25) is 0 Å². The van der Waals surface area contributed by atoms with E-state index in [2.05, 4.69) is 12.1 Å². The summed E-state index contributed by atoms with van der Waals surface area (Å²) in [6.45, 7) is 2.17. The summed E-state index contributed by atoms with van der Waals surface area (Å²) in [5.41, 5.74) is 7.75. The molecule has 0 bridgehead atoms. The summed E-state index contributed by atoms with van der Waals surface area (Å²) in [5.74, 6) is 2.58. The van der Waals surface area contributed by atoms with Crippen molar-refractivity contribution in [2.75, 3.05) is 20.0 Å². The minimum Gasteiger partial charge on any atom is -0.493 e. The van der Waals surface area contributed by atoms with E-state index in [9.17, 15) is 0 Å². The molecule has 1 aromatic carbocycles. The number of unbranched alkanes of at least 4 members (excludes halogenated alkanes) is 2. The van der Waals surface area contributed by atoms with Gasteiger partial charge in [-0.1, -0.05) is 31.0 Å². The molecule has 0 amide bonds. The number of ether oxygens (including phenoxy) is 2. The van der Waals surface area contributed by atoms with Gasteiger partial charge in [0.25, 0.3) is 0 Å². The average molecular weight is 290 g/mol. The quantitative estimate of drug-likeness (QED) is 0.788. The van der Waals surface area contributed by atoms with Gasteiger partial charge in [-0.25, -0.2) is 0 Å². The van der Waals surface area contributed by atoms with Crippen molar-refractivity contribution in [3.8, 4) is 22.6 Å². The molecule has 2 rings (SSSR count). The number of nitrogens with zero attached hydrogens (tertiary/aromatic N) is 1. The number of hydrogen-bond donors (Lipinski definition) is 1. The predicted octanol–water partition coefficient (Wildman–Crippen LogP) is 3.67. The van der Waals surface area contributed by atoms with Gasteiger partial charge in [-0.05, 0) is 24.1 Å². The van der Waals surface area contributed by atoms with Crippen LogP contribution in [-0.2, 0) is 6.42 Å². The zero-order valence-corrected chi connectivity index (χ0v) is 12.8. The molecule has 0 atom stereocenters. The molecule has 0 aliphatic carbocycles. The van der Waals surface area contributed by atoms with Gasteiger partial charge in [-0.15, -0.1) is 0 Å². The SMILES string of the molecule is CCCCCc1onc(N)c1-c1ccc(OC)c(OC)c1. The second kappa shape index (κ2) is 7.02. The Balaban J connectivity index is 2.34. The van der Waals surface area contributed by atoms with Crippen molar-refractivity contribution in [2.45, 2.75) is 32.6 Å². The van der Waals surface area contributed by atoms with Crippen LogP contribution in [0.15, 0.2) is 22.7 Å². The summed E-state index contributed by atoms with van der Waals surface area (Å²) in [4.78, 5) is 0. The normalized spacial score (nSPS) is 10.6. The fraction of sp³-hybridized carbons (Fsp3) is 0.438. The maximum absolute atomic E-state index is 5.96. The number of nitrogens with two attached hydrogens (primary N) is 1. The third-order valence-corrected chi connectivity index (χ3v) is 3.47. The highest BCUT2D eigenvalue weighted by Crippen LogP contribution is 2.36. The van der Waals surface area contributed by atoms with Crippen molar-refractivity contribution in [3.05, 3.63) is 24.0 Å². The first-order chi connectivity index (χ1) is 10.2. The summed E-state index contributed by atoms with van der Waals surface area (Å²) in [7, 11) is 3.22. The van der Waals surface area contributed by atoms with E-state index in [1.807, 2.05) is 18.2 Å². The van der Waals surface area contributed by atoms with Gasteiger partial charge in [0.05, 0.1) is 19.8 Å². The summed E-state index contributed by atoms with van der Waals surface area (Å²) in [6.07, 6.45) is 4.22. The van der Waals surface area contributed by atoms with E-state index in [-0.39, 0.29) is 0 Å². The van der Waals surface area contributed by atoms with Gasteiger partial charge < -0.3 is 19.7 Å². The van der Waals surface area contributed by atoms with E-state index in [1.54, 1.807) is 14.2 Å². The number of methoxy groups -OCH3 is 2. The van der Waals surface area contributed by atoms with Crippen molar-refractivity contribution in [1.29, 1.82) is 0 Å². The van der Waals surface area contributed by atoms with Crippen molar-refractivity contribution in [2.24, 2.45) is 0 Å². The van der Waals surface area contributed by atoms with Crippen LogP contribution in [0.25, 0.3) is 11.1 Å². The molecular formula is C16H22N2O3. The number of benzene rings is 1. The van der Waals surface area contributed by atoms with Gasteiger partial charge in [0.15, 0.2) is 17.3 Å². The van der Waals surface area contributed by atoms with E-state index < -0.39 is 0 Å². The van der Waals surface area contributed by atoms with E-state index >= 15 is 0 Å². The Morgan fingerprint density at radius 1 is 1.14 bits per heavy atom. The standard InChI is InChI=1S/C16H22N2O3/c1-4-5-6-7-13-15(16(17)18-21-13)11-8-9-12(19-2)14(10-11)20-3/h8-10H,4-7H2,1-3H3,(H2,17,18). The summed E-state index contributed by atoms with van der Waals surface area (Å²) in [5, 5.41) is 3.90. The monoisotopic (exact) mass is 290 g/mol. The summed E-state index contributed by atoms with van der Waals surface area (Å²) in [6, 6.07) is 5.69. The molecule has 21 heavy (non-hydrogen) atoms. The highest BCUT2D eigenvalue weighted by molar-refractivity contribution is 5.77. The number of nitrogen functional groups attached to an aromatic ring is 1. The molecule has 0 saturated carbocycles. The number of hydrogen-bond acceptors (Lipinski definition) is 5. The highest BCUT2D eigenvalue weighted by Gasteiger charge is 2.17. The molecule has 1 heterocycles. The van der Waals surface area contributed by atoms with Crippen LogP contribution in [0, 0.1) is 0 Å². The van der Waals surface area contributed by atoms with Crippen LogP contribution in [0.3, 0.4) is 0 Å². The van der Waals surface area contributed by atoms with Gasteiger partial charge in [-0.3, -0.25) is 0 Å². The Hall–Kier alpha value is -2.17. The first-order valence-corrected chi connectivity index (χ1v) is 7.17. The van der Waals surface area contributed by atoms with Crippen LogP contribution in [0.5, 0.6) is 11.5 Å². The molecule has 0 aliphatic heterocycles. The second-order valence-electron chi connectivity index (χ2n) is 4.89. The molecule has 5 heteroatoms. The summed E-state index contributed by atoms with van der Waals surface area (Å²) >= 11 is 0. The lowest BCUT2D eigenvalue weighted by atomic mass is 10.0. The predicted molar refractivity (Wildman–Crippen MR) is 82.7 cm³/mol. The Kier molecular flexibility index (Phi) is 5.09. The molecule has 114 valence electrons. The number of anilines is 1.